The van der Waals surface area contributed by atoms with Gasteiger partial charge in [0.25, 0.3) is 0 Å². The van der Waals surface area contributed by atoms with Gasteiger partial charge in [0.2, 0.25) is 5.28 Å². The van der Waals surface area contributed by atoms with Crippen LogP contribution in [0.4, 0.5) is 0 Å². The smallest absolute Gasteiger partial charge is 0.225 e. The first-order chi connectivity index (χ1) is 9.52. The van der Waals surface area contributed by atoms with E-state index in [4.69, 9.17) is 33.0 Å². The van der Waals surface area contributed by atoms with Crippen molar-refractivity contribution in [1.29, 1.82) is 0 Å². The van der Waals surface area contributed by atoms with E-state index in [1.807, 2.05) is 0 Å². The van der Waals surface area contributed by atoms with Crippen molar-refractivity contribution in [3.8, 4) is 0 Å². The molecule has 0 saturated carbocycles. The second-order valence-electron chi connectivity index (χ2n) is 4.34. The van der Waals surface area contributed by atoms with Gasteiger partial charge in [-0.15, -0.1) is 0 Å². The Morgan fingerprint density at radius 1 is 1.13 bits per heavy atom. The maximum atomic E-state index is 9.98. The molecule has 3 rings (SSSR count). The Morgan fingerprint density at radius 3 is 2.35 bits per heavy atom. The van der Waals surface area contributed by atoms with Crippen molar-refractivity contribution >= 4 is 34.4 Å². The van der Waals surface area contributed by atoms with Crippen molar-refractivity contribution in [1.82, 2.24) is 19.5 Å². The monoisotopic (exact) mass is 1000 g/mol. The zero-order valence-electron chi connectivity index (χ0n) is 11.6. The summed E-state index contributed by atoms with van der Waals surface area (Å²) in [6, 6.07) is 0. The molecule has 0 aliphatic carbocycles. The number of aromatic nitrogens is 4. The summed E-state index contributed by atoms with van der Waals surface area (Å²) in [5, 5.41) is 28.8. The summed E-state index contributed by atoms with van der Waals surface area (Å²) < 4.78 is 6.78. The summed E-state index contributed by atoms with van der Waals surface area (Å²) in [6.07, 6.45) is -2.94. The van der Waals surface area contributed by atoms with Crippen LogP contribution in [0.25, 0.3) is 11.2 Å². The van der Waals surface area contributed by atoms with Gasteiger partial charge >= 0.3 is 0 Å². The number of fused-ring (bicyclic) bond motifs is 1. The van der Waals surface area contributed by atoms with E-state index in [-0.39, 0.29) is 148 Å². The van der Waals surface area contributed by atoms with Crippen LogP contribution in [-0.4, -0.2) is 59.8 Å². The van der Waals surface area contributed by atoms with Crippen LogP contribution in [-0.2, 0) is 4.74 Å². The Hall–Kier alpha value is 3.29. The third kappa shape index (κ3) is 5.43. The molecule has 4 unspecified atom stereocenters. The molecule has 4 atom stereocenters. The van der Waals surface area contributed by atoms with Crippen LogP contribution in [0.2, 0.25) is 10.4 Å². The van der Waals surface area contributed by atoms with Gasteiger partial charge in [-0.25, -0.2) is 9.97 Å². The molecule has 1 fully saturated rings. The third-order valence-electron chi connectivity index (χ3n) is 3.14. The van der Waals surface area contributed by atoms with Crippen LogP contribution in [0, 0.1) is 132 Å². The molecule has 13 heteroatoms. The molecule has 2 aromatic rings. The van der Waals surface area contributed by atoms with Crippen LogP contribution >= 0.6 is 23.2 Å². The average Bonchev–Trinajstić information content (AvgIpc) is 2.93. The van der Waals surface area contributed by atoms with E-state index >= 15 is 0 Å². The Labute approximate surface area is 248 Å². The van der Waals surface area contributed by atoms with Crippen molar-refractivity contribution in [3.05, 3.63) is 16.8 Å². The minimum absolute atomic E-state index is 0. The predicted octanol–water partition coefficient (Wildman–Crippen LogP) is -0.255. The maximum Gasteiger partial charge on any atom is 0.225 e. The topological polar surface area (TPSA) is 114 Å². The number of halogens is 2. The van der Waals surface area contributed by atoms with Crippen LogP contribution in [0.1, 0.15) is 6.23 Å². The van der Waals surface area contributed by atoms with Crippen LogP contribution < -0.4 is 0 Å². The Kier molecular flexibility index (Phi) is 13.0. The number of hydrogen-bond acceptors (Lipinski definition) is 7. The molecular weight excluding hydrogens is 992 g/mol. The van der Waals surface area contributed by atoms with Gasteiger partial charge in [-0.2, -0.15) is 4.98 Å². The van der Waals surface area contributed by atoms with Gasteiger partial charge in [-0.3, -0.25) is 4.57 Å². The fourth-order valence-corrected chi connectivity index (χ4v) is 2.57. The first-order valence-corrected chi connectivity index (χ1v) is 6.46. The molecular formula is C10H10Ac3Cl2N4O4. The van der Waals surface area contributed by atoms with E-state index in [2.05, 4.69) is 15.0 Å². The van der Waals surface area contributed by atoms with E-state index in [0.29, 0.717) is 5.52 Å². The number of rotatable bonds is 2. The van der Waals surface area contributed by atoms with Gasteiger partial charge in [0.1, 0.15) is 23.8 Å². The molecule has 3 radical (unpaired) electrons. The predicted molar refractivity (Wildman–Crippen MR) is 68.4 cm³/mol. The average molecular weight is 1000 g/mol. The SMILES string of the molecule is OCC1OC(n2cnc3c(Cl)nc(Cl)nc32)C(O)C1O.[Ac].[Ac].[Ac]. The number of aliphatic hydroxyl groups is 3. The van der Waals surface area contributed by atoms with E-state index < -0.39 is 31.1 Å². The first-order valence-electron chi connectivity index (χ1n) is 5.71. The van der Waals surface area contributed by atoms with Crippen LogP contribution in [0.5, 0.6) is 0 Å². The fourth-order valence-electron chi connectivity index (χ4n) is 2.15. The molecule has 0 bridgehead atoms. The van der Waals surface area contributed by atoms with Crippen LogP contribution in [0.15, 0.2) is 6.33 Å². The summed E-state index contributed by atoms with van der Waals surface area (Å²) >= 11 is 11.6. The van der Waals surface area contributed by atoms with Crippen molar-refractivity contribution < 1.29 is 152 Å². The van der Waals surface area contributed by atoms with Gasteiger partial charge in [0, 0.05) is 132 Å². The number of nitrogens with zero attached hydrogens (tertiary/aromatic N) is 4. The van der Waals surface area contributed by atoms with E-state index in [0.717, 1.165) is 0 Å². The molecule has 0 amide bonds. The van der Waals surface area contributed by atoms with Gasteiger partial charge in [-0.1, -0.05) is 11.6 Å². The van der Waals surface area contributed by atoms with Gasteiger partial charge in [0.05, 0.1) is 12.9 Å². The van der Waals surface area contributed by atoms with Crippen molar-refractivity contribution in [2.45, 2.75) is 24.5 Å². The van der Waals surface area contributed by atoms with Crippen molar-refractivity contribution in [2.75, 3.05) is 6.61 Å². The van der Waals surface area contributed by atoms with Crippen molar-refractivity contribution in [2.24, 2.45) is 0 Å². The first kappa shape index (κ1) is 26.3. The third-order valence-corrected chi connectivity index (χ3v) is 3.58. The summed E-state index contributed by atoms with van der Waals surface area (Å²) in [7, 11) is 0. The van der Waals surface area contributed by atoms with Gasteiger partial charge in [-0.05, 0) is 11.6 Å². The standard InChI is InChI=1S/C10H10Cl2N4O4.3Ac/c11-7-4-8(15-10(12)14-7)16(2-13-4)9-6(19)5(18)3(1-17)20-9;;;/h2-3,5-6,9,17-19H,1H2;;;. The molecule has 1 aliphatic heterocycles. The Balaban J connectivity index is 0.00000161. The van der Waals surface area contributed by atoms with Gasteiger partial charge in [0.15, 0.2) is 17.0 Å². The van der Waals surface area contributed by atoms with Crippen molar-refractivity contribution in [3.63, 3.8) is 0 Å². The largest absolute Gasteiger partial charge is 0.394 e. The normalized spacial score (nSPS) is 26.3. The Morgan fingerprint density at radius 2 is 1.78 bits per heavy atom. The quantitative estimate of drug-likeness (QED) is 0.281. The summed E-state index contributed by atoms with van der Waals surface area (Å²) in [5.41, 5.74) is 0.568. The number of ether oxygens (including phenoxy) is 1. The maximum absolute atomic E-state index is 9.98. The molecule has 0 spiro atoms. The second-order valence-corrected chi connectivity index (χ2v) is 5.03. The molecule has 23 heavy (non-hydrogen) atoms. The molecule has 3 heterocycles. The minimum Gasteiger partial charge on any atom is -0.394 e. The molecule has 0 aromatic carbocycles. The number of aliphatic hydroxyl groups excluding tert-OH is 3. The minimum atomic E-state index is -1.24. The Bertz CT molecular complexity index is 664. The van der Waals surface area contributed by atoms with E-state index in [1.165, 1.54) is 10.9 Å². The molecule has 1 aliphatic rings. The summed E-state index contributed by atoms with van der Waals surface area (Å²) in [5.74, 6) is 0. The molecule has 8 nitrogen and oxygen atoms in total. The molecule has 2 aromatic heterocycles. The fraction of sp³-hybridized carbons (Fsp3) is 0.500. The molecule has 3 N–H and O–H groups in total. The summed E-state index contributed by atoms with van der Waals surface area (Å²) in [6.45, 7) is -0.419. The molecule has 1 saturated heterocycles. The second kappa shape index (κ2) is 11.3. The van der Waals surface area contributed by atoms with E-state index in [9.17, 15) is 10.2 Å². The van der Waals surface area contributed by atoms with Gasteiger partial charge < -0.3 is 20.1 Å². The summed E-state index contributed by atoms with van der Waals surface area (Å²) in [4.78, 5) is 11.8. The zero-order chi connectivity index (χ0) is 14.4. The van der Waals surface area contributed by atoms with E-state index in [1.54, 1.807) is 0 Å². The zero-order valence-corrected chi connectivity index (χ0v) is 27.4. The molecule has 117 valence electrons. The number of imidazole rings is 1. The van der Waals surface area contributed by atoms with Crippen LogP contribution in [0.3, 0.4) is 0 Å². The number of hydrogen-bond donors (Lipinski definition) is 3.